The van der Waals surface area contributed by atoms with Crippen molar-refractivity contribution in [3.05, 3.63) is 81.0 Å². The third kappa shape index (κ3) is 4.07. The number of thiophene rings is 1. The largest absolute Gasteiger partial charge is 0.320 e. The number of amides is 2. The van der Waals surface area contributed by atoms with E-state index in [2.05, 4.69) is 10.6 Å². The van der Waals surface area contributed by atoms with Gasteiger partial charge in [0.05, 0.1) is 21.3 Å². The van der Waals surface area contributed by atoms with Gasteiger partial charge in [0, 0.05) is 11.6 Å². The van der Waals surface area contributed by atoms with Crippen LogP contribution in [0.1, 0.15) is 20.0 Å². The number of halogens is 3. The minimum absolute atomic E-state index is 0.152. The summed E-state index contributed by atoms with van der Waals surface area (Å²) in [5.74, 6) is -2.62. The van der Waals surface area contributed by atoms with Gasteiger partial charge in [0.1, 0.15) is 11.6 Å². The van der Waals surface area contributed by atoms with E-state index in [1.54, 1.807) is 17.5 Å². The Bertz CT molecular complexity index is 977. The maximum absolute atomic E-state index is 13.7. The molecule has 2 amide bonds. The standard InChI is InChI=1S/C18H11ClF2N2O2S/c19-12-5-3-10(8-15(12)23-18(25)16-2-1-7-26-16)17(24)22-14-6-4-11(20)9-13(14)21/h1-9H,(H,22,24)(H,23,25). The van der Waals surface area contributed by atoms with Crippen LogP contribution in [0.3, 0.4) is 0 Å². The topological polar surface area (TPSA) is 58.2 Å². The summed E-state index contributed by atoms with van der Waals surface area (Å²) < 4.78 is 26.6. The van der Waals surface area contributed by atoms with Crippen LogP contribution >= 0.6 is 22.9 Å². The average Bonchev–Trinajstić information content (AvgIpc) is 3.14. The van der Waals surface area contributed by atoms with Gasteiger partial charge < -0.3 is 10.6 Å². The summed E-state index contributed by atoms with van der Waals surface area (Å²) in [4.78, 5) is 24.9. The third-order valence-electron chi connectivity index (χ3n) is 3.40. The Morgan fingerprint density at radius 1 is 0.923 bits per heavy atom. The molecule has 2 aromatic carbocycles. The number of nitrogens with one attached hydrogen (secondary N) is 2. The fourth-order valence-corrected chi connectivity index (χ4v) is 2.92. The summed E-state index contributed by atoms with van der Waals surface area (Å²) in [7, 11) is 0. The Morgan fingerprint density at radius 3 is 2.38 bits per heavy atom. The predicted molar refractivity (Wildman–Crippen MR) is 98.0 cm³/mol. The van der Waals surface area contributed by atoms with Crippen LogP contribution in [-0.2, 0) is 0 Å². The summed E-state index contributed by atoms with van der Waals surface area (Å²) in [5.41, 5.74) is 0.243. The summed E-state index contributed by atoms with van der Waals surface area (Å²) >= 11 is 7.33. The van der Waals surface area contributed by atoms with Crippen LogP contribution in [-0.4, -0.2) is 11.8 Å². The molecule has 3 aromatic rings. The summed E-state index contributed by atoms with van der Waals surface area (Å²) in [6.07, 6.45) is 0. The van der Waals surface area contributed by atoms with Crippen molar-refractivity contribution in [1.82, 2.24) is 0 Å². The monoisotopic (exact) mass is 392 g/mol. The summed E-state index contributed by atoms with van der Waals surface area (Å²) in [5, 5.41) is 6.98. The molecule has 0 atom stereocenters. The minimum Gasteiger partial charge on any atom is -0.320 e. The van der Waals surface area contributed by atoms with Gasteiger partial charge in [-0.25, -0.2) is 8.78 Å². The molecule has 0 radical (unpaired) electrons. The summed E-state index contributed by atoms with van der Waals surface area (Å²) in [6.45, 7) is 0. The molecule has 0 unspecified atom stereocenters. The van der Waals surface area contributed by atoms with Crippen LogP contribution in [0.4, 0.5) is 20.2 Å². The van der Waals surface area contributed by atoms with Crippen LogP contribution in [0, 0.1) is 11.6 Å². The minimum atomic E-state index is -0.890. The van der Waals surface area contributed by atoms with Crippen LogP contribution in [0.5, 0.6) is 0 Å². The molecule has 3 rings (SSSR count). The van der Waals surface area contributed by atoms with Crippen LogP contribution < -0.4 is 10.6 Å². The second-order valence-electron chi connectivity index (χ2n) is 5.20. The zero-order valence-corrected chi connectivity index (χ0v) is 14.6. The second-order valence-corrected chi connectivity index (χ2v) is 6.56. The molecule has 4 nitrogen and oxygen atoms in total. The van der Waals surface area contributed by atoms with Crippen LogP contribution in [0.25, 0.3) is 0 Å². The number of hydrogen-bond acceptors (Lipinski definition) is 3. The van der Waals surface area contributed by atoms with Gasteiger partial charge in [-0.05, 0) is 41.8 Å². The van der Waals surface area contributed by atoms with Crippen molar-refractivity contribution < 1.29 is 18.4 Å². The van der Waals surface area contributed by atoms with E-state index < -0.39 is 17.5 Å². The van der Waals surface area contributed by atoms with Crippen LogP contribution in [0.15, 0.2) is 53.9 Å². The highest BCUT2D eigenvalue weighted by atomic mass is 35.5. The van der Waals surface area contributed by atoms with Gasteiger partial charge in [0.15, 0.2) is 0 Å². The highest BCUT2D eigenvalue weighted by molar-refractivity contribution is 7.12. The molecule has 0 fully saturated rings. The molecule has 0 aliphatic carbocycles. The van der Waals surface area contributed by atoms with E-state index in [9.17, 15) is 18.4 Å². The highest BCUT2D eigenvalue weighted by Crippen LogP contribution is 2.25. The Morgan fingerprint density at radius 2 is 1.69 bits per heavy atom. The van der Waals surface area contributed by atoms with E-state index in [4.69, 9.17) is 11.6 Å². The number of anilines is 2. The highest BCUT2D eigenvalue weighted by Gasteiger charge is 2.14. The molecule has 1 heterocycles. The predicted octanol–water partition coefficient (Wildman–Crippen LogP) is 5.18. The molecule has 26 heavy (non-hydrogen) atoms. The van der Waals surface area contributed by atoms with Crippen molar-refractivity contribution in [3.8, 4) is 0 Å². The van der Waals surface area contributed by atoms with Gasteiger partial charge in [0.25, 0.3) is 11.8 Å². The van der Waals surface area contributed by atoms with E-state index in [1.807, 2.05) is 0 Å². The third-order valence-corrected chi connectivity index (χ3v) is 4.60. The quantitative estimate of drug-likeness (QED) is 0.642. The maximum Gasteiger partial charge on any atom is 0.265 e. The van der Waals surface area contributed by atoms with Gasteiger partial charge in [-0.3, -0.25) is 9.59 Å². The second kappa shape index (κ2) is 7.63. The number of carbonyl (C=O) groups is 2. The van der Waals surface area contributed by atoms with Crippen molar-refractivity contribution in [1.29, 1.82) is 0 Å². The Kier molecular flexibility index (Phi) is 5.29. The zero-order valence-electron chi connectivity index (χ0n) is 13.1. The van der Waals surface area contributed by atoms with Gasteiger partial charge in [0.2, 0.25) is 0 Å². The van der Waals surface area contributed by atoms with E-state index in [1.165, 1.54) is 29.5 Å². The van der Waals surface area contributed by atoms with E-state index in [0.29, 0.717) is 10.9 Å². The molecule has 0 aliphatic heterocycles. The Balaban J connectivity index is 1.80. The van der Waals surface area contributed by atoms with Crippen molar-refractivity contribution in [2.75, 3.05) is 10.6 Å². The van der Waals surface area contributed by atoms with Crippen molar-refractivity contribution in [2.24, 2.45) is 0 Å². The zero-order chi connectivity index (χ0) is 18.7. The van der Waals surface area contributed by atoms with E-state index in [0.717, 1.165) is 12.1 Å². The fourth-order valence-electron chi connectivity index (χ4n) is 2.14. The lowest BCUT2D eigenvalue weighted by atomic mass is 10.1. The number of benzene rings is 2. The number of rotatable bonds is 4. The fraction of sp³-hybridized carbons (Fsp3) is 0. The maximum atomic E-state index is 13.7. The van der Waals surface area contributed by atoms with E-state index in [-0.39, 0.29) is 27.9 Å². The Labute approximate surface area is 156 Å². The lowest BCUT2D eigenvalue weighted by Crippen LogP contribution is -2.15. The molecule has 1 aromatic heterocycles. The molecular weight excluding hydrogens is 382 g/mol. The molecular formula is C18H11ClF2N2O2S. The average molecular weight is 393 g/mol. The molecule has 8 heteroatoms. The Hall–Kier alpha value is -2.77. The molecule has 0 aliphatic rings. The first kappa shape index (κ1) is 18.0. The first-order valence-corrected chi connectivity index (χ1v) is 8.60. The van der Waals surface area contributed by atoms with E-state index >= 15 is 0 Å². The number of hydrogen-bond donors (Lipinski definition) is 2. The van der Waals surface area contributed by atoms with Gasteiger partial charge in [-0.1, -0.05) is 17.7 Å². The summed E-state index contributed by atoms with van der Waals surface area (Å²) in [6, 6.07) is 10.5. The normalized spacial score (nSPS) is 10.4. The first-order chi connectivity index (χ1) is 12.4. The SMILES string of the molecule is O=C(Nc1ccc(F)cc1F)c1ccc(Cl)c(NC(=O)c2cccs2)c1. The molecule has 132 valence electrons. The molecule has 0 saturated carbocycles. The molecule has 0 spiro atoms. The smallest absolute Gasteiger partial charge is 0.265 e. The van der Waals surface area contributed by atoms with Crippen molar-refractivity contribution in [3.63, 3.8) is 0 Å². The van der Waals surface area contributed by atoms with Gasteiger partial charge >= 0.3 is 0 Å². The van der Waals surface area contributed by atoms with Crippen molar-refractivity contribution >= 4 is 46.1 Å². The lowest BCUT2D eigenvalue weighted by molar-refractivity contribution is 0.101. The number of carbonyl (C=O) groups excluding carboxylic acids is 2. The molecule has 0 bridgehead atoms. The molecule has 0 saturated heterocycles. The first-order valence-electron chi connectivity index (χ1n) is 7.35. The lowest BCUT2D eigenvalue weighted by Gasteiger charge is -2.10. The van der Waals surface area contributed by atoms with Crippen LogP contribution in [0.2, 0.25) is 5.02 Å². The van der Waals surface area contributed by atoms with Crippen molar-refractivity contribution in [2.45, 2.75) is 0 Å². The van der Waals surface area contributed by atoms with Gasteiger partial charge in [-0.2, -0.15) is 0 Å². The molecule has 2 N–H and O–H groups in total. The van der Waals surface area contributed by atoms with Gasteiger partial charge in [-0.15, -0.1) is 11.3 Å².